The van der Waals surface area contributed by atoms with E-state index in [2.05, 4.69) is 15.0 Å². The average Bonchev–Trinajstić information content (AvgIpc) is 3.51. The highest BCUT2D eigenvalue weighted by molar-refractivity contribution is 5.82. The number of aromatic nitrogens is 4. The van der Waals surface area contributed by atoms with E-state index in [1.807, 2.05) is 0 Å². The Hall–Kier alpha value is -2.77. The Morgan fingerprint density at radius 2 is 1.86 bits per heavy atom. The molecule has 0 amide bonds. The van der Waals surface area contributed by atoms with Crippen LogP contribution in [0.2, 0.25) is 0 Å². The maximum Gasteiger partial charge on any atom is 0.266 e. The lowest BCUT2D eigenvalue weighted by Crippen LogP contribution is -2.21. The van der Waals surface area contributed by atoms with Crippen molar-refractivity contribution < 1.29 is 13.2 Å². The van der Waals surface area contributed by atoms with Crippen LogP contribution < -0.4 is 5.56 Å². The van der Waals surface area contributed by atoms with Gasteiger partial charge in [-0.05, 0) is 24.5 Å². The van der Waals surface area contributed by atoms with Crippen LogP contribution in [-0.2, 0) is 6.54 Å². The van der Waals surface area contributed by atoms with Gasteiger partial charge < -0.3 is 0 Å². The number of benzene rings is 1. The maximum atomic E-state index is 14.6. The molecule has 5 nitrogen and oxygen atoms in total. The first-order valence-corrected chi connectivity index (χ1v) is 9.32. The third-order valence-corrected chi connectivity index (χ3v) is 5.04. The minimum atomic E-state index is -2.69. The highest BCUT2D eigenvalue weighted by Crippen LogP contribution is 2.33. The van der Waals surface area contributed by atoms with E-state index in [0.717, 1.165) is 37.2 Å². The number of rotatable bonds is 7. The summed E-state index contributed by atoms with van der Waals surface area (Å²) >= 11 is 0. The van der Waals surface area contributed by atoms with E-state index in [1.165, 1.54) is 36.2 Å². The predicted octanol–water partition coefficient (Wildman–Crippen LogP) is 4.51. The molecule has 0 N–H and O–H groups in total. The molecule has 0 unspecified atom stereocenters. The number of unbranched alkanes of at least 4 members (excludes halogenated alkanes) is 1. The molecule has 2 aromatic heterocycles. The summed E-state index contributed by atoms with van der Waals surface area (Å²) in [4.78, 5) is 24.5. The molecule has 146 valence electrons. The summed E-state index contributed by atoms with van der Waals surface area (Å²) in [6.45, 7) is 0.552. The fraction of sp³-hybridized carbons (Fsp3) is 0.400. The third kappa shape index (κ3) is 3.90. The second kappa shape index (κ2) is 7.69. The molecule has 0 aliphatic heterocycles. The molecular formula is C20H19F3N4O. The van der Waals surface area contributed by atoms with Gasteiger partial charge in [-0.3, -0.25) is 9.36 Å². The minimum absolute atomic E-state index is 0.0161. The molecule has 0 saturated heterocycles. The zero-order valence-electron chi connectivity index (χ0n) is 15.1. The van der Waals surface area contributed by atoms with Gasteiger partial charge in [0.15, 0.2) is 5.82 Å². The molecule has 1 aromatic carbocycles. The highest BCUT2D eigenvalue weighted by atomic mass is 19.3. The van der Waals surface area contributed by atoms with Crippen LogP contribution in [0.3, 0.4) is 0 Å². The fourth-order valence-electron chi connectivity index (χ4n) is 3.22. The van der Waals surface area contributed by atoms with Gasteiger partial charge in [-0.2, -0.15) is 0 Å². The molecule has 1 aliphatic carbocycles. The largest absolute Gasteiger partial charge is 0.299 e. The lowest BCUT2D eigenvalue weighted by Gasteiger charge is -2.08. The van der Waals surface area contributed by atoms with Gasteiger partial charge >= 0.3 is 0 Å². The van der Waals surface area contributed by atoms with Gasteiger partial charge in [-0.1, -0.05) is 25.7 Å². The lowest BCUT2D eigenvalue weighted by atomic mass is 10.1. The Bertz CT molecular complexity index is 1050. The normalized spacial score (nSPS) is 14.1. The quantitative estimate of drug-likeness (QED) is 0.559. The second-order valence-corrected chi connectivity index (χ2v) is 7.17. The van der Waals surface area contributed by atoms with Gasteiger partial charge in [0.25, 0.3) is 12.0 Å². The molecule has 0 bridgehead atoms. The first-order chi connectivity index (χ1) is 13.5. The van der Waals surface area contributed by atoms with Crippen LogP contribution in [0.4, 0.5) is 13.2 Å². The third-order valence-electron chi connectivity index (χ3n) is 5.04. The van der Waals surface area contributed by atoms with Gasteiger partial charge in [-0.25, -0.2) is 28.1 Å². The fourth-order valence-corrected chi connectivity index (χ4v) is 3.22. The Labute approximate surface area is 159 Å². The van der Waals surface area contributed by atoms with E-state index in [0.29, 0.717) is 12.1 Å². The van der Waals surface area contributed by atoms with Crippen LogP contribution in [0, 0.1) is 11.7 Å². The Morgan fingerprint density at radius 1 is 1.11 bits per heavy atom. The van der Waals surface area contributed by atoms with E-state index >= 15 is 0 Å². The van der Waals surface area contributed by atoms with E-state index in [4.69, 9.17) is 0 Å². The van der Waals surface area contributed by atoms with E-state index in [9.17, 15) is 18.0 Å². The molecule has 0 atom stereocenters. The topological polar surface area (TPSA) is 60.7 Å². The summed E-state index contributed by atoms with van der Waals surface area (Å²) in [5.41, 5.74) is -0.303. The Kier molecular flexibility index (Phi) is 5.11. The summed E-state index contributed by atoms with van der Waals surface area (Å²) in [7, 11) is 0. The molecule has 0 spiro atoms. The smallest absolute Gasteiger partial charge is 0.266 e. The van der Waals surface area contributed by atoms with Crippen molar-refractivity contribution in [1.82, 2.24) is 19.5 Å². The van der Waals surface area contributed by atoms with Crippen molar-refractivity contribution in [2.75, 3.05) is 0 Å². The first kappa shape index (κ1) is 18.6. The van der Waals surface area contributed by atoms with Crippen molar-refractivity contribution in [2.45, 2.75) is 45.1 Å². The number of halogens is 3. The molecule has 28 heavy (non-hydrogen) atoms. The zero-order chi connectivity index (χ0) is 19.7. The standard InChI is InChI=1S/C20H19F3N4O/c21-16-7-15-17(8-14(16)19-24-9-13(10-25-19)18(22)23)26-11-27(20(15)28)6-2-1-3-12-4-5-12/h7-12,18H,1-6H2. The van der Waals surface area contributed by atoms with Crippen LogP contribution in [0.25, 0.3) is 22.3 Å². The molecule has 1 saturated carbocycles. The minimum Gasteiger partial charge on any atom is -0.299 e. The van der Waals surface area contributed by atoms with Crippen molar-refractivity contribution in [2.24, 2.45) is 5.92 Å². The van der Waals surface area contributed by atoms with Gasteiger partial charge in [0, 0.05) is 18.9 Å². The van der Waals surface area contributed by atoms with Gasteiger partial charge in [0.05, 0.1) is 28.4 Å². The van der Waals surface area contributed by atoms with Crippen LogP contribution in [0.15, 0.2) is 35.6 Å². The molecule has 1 fully saturated rings. The van der Waals surface area contributed by atoms with E-state index in [1.54, 1.807) is 0 Å². The number of alkyl halides is 2. The van der Waals surface area contributed by atoms with E-state index < -0.39 is 12.2 Å². The summed E-state index contributed by atoms with van der Waals surface area (Å²) < 4.78 is 41.3. The van der Waals surface area contributed by atoms with Crippen LogP contribution in [0.1, 0.15) is 44.1 Å². The van der Waals surface area contributed by atoms with Crippen molar-refractivity contribution in [1.29, 1.82) is 0 Å². The highest BCUT2D eigenvalue weighted by Gasteiger charge is 2.20. The van der Waals surface area contributed by atoms with Crippen molar-refractivity contribution in [3.05, 3.63) is 52.6 Å². The zero-order valence-corrected chi connectivity index (χ0v) is 15.1. The average molecular weight is 388 g/mol. The number of hydrogen-bond acceptors (Lipinski definition) is 4. The molecule has 3 aromatic rings. The van der Waals surface area contributed by atoms with Gasteiger partial charge in [0.1, 0.15) is 5.82 Å². The molecule has 0 radical (unpaired) electrons. The molecular weight excluding hydrogens is 369 g/mol. The molecule has 8 heteroatoms. The van der Waals surface area contributed by atoms with E-state index in [-0.39, 0.29) is 27.9 Å². The Morgan fingerprint density at radius 3 is 2.54 bits per heavy atom. The van der Waals surface area contributed by atoms with Crippen molar-refractivity contribution in [3.8, 4) is 11.4 Å². The first-order valence-electron chi connectivity index (χ1n) is 9.32. The van der Waals surface area contributed by atoms with Crippen LogP contribution in [-0.4, -0.2) is 19.5 Å². The molecule has 4 rings (SSSR count). The van der Waals surface area contributed by atoms with Crippen LogP contribution >= 0.6 is 0 Å². The summed E-state index contributed by atoms with van der Waals surface area (Å²) in [5.74, 6) is 0.133. The number of fused-ring (bicyclic) bond motifs is 1. The van der Waals surface area contributed by atoms with Crippen molar-refractivity contribution in [3.63, 3.8) is 0 Å². The number of nitrogens with zero attached hydrogens (tertiary/aromatic N) is 4. The number of aryl methyl sites for hydroxylation is 1. The molecule has 1 aliphatic rings. The maximum absolute atomic E-state index is 14.6. The monoisotopic (exact) mass is 388 g/mol. The van der Waals surface area contributed by atoms with Crippen molar-refractivity contribution >= 4 is 10.9 Å². The van der Waals surface area contributed by atoms with Gasteiger partial charge in [-0.15, -0.1) is 0 Å². The summed E-state index contributed by atoms with van der Waals surface area (Å²) in [6.07, 6.45) is 6.46. The Balaban J connectivity index is 1.59. The summed E-state index contributed by atoms with van der Waals surface area (Å²) in [6, 6.07) is 2.49. The number of hydrogen-bond donors (Lipinski definition) is 0. The second-order valence-electron chi connectivity index (χ2n) is 7.17. The summed E-state index contributed by atoms with van der Waals surface area (Å²) in [5, 5.41) is 0.176. The SMILES string of the molecule is O=c1c2cc(F)c(-c3ncc(C(F)F)cn3)cc2ncn1CCCCC1CC1. The molecule has 2 heterocycles. The van der Waals surface area contributed by atoms with Gasteiger partial charge in [0.2, 0.25) is 0 Å². The van der Waals surface area contributed by atoms with Crippen LogP contribution in [0.5, 0.6) is 0 Å². The predicted molar refractivity (Wildman–Crippen MR) is 98.5 cm³/mol. The lowest BCUT2D eigenvalue weighted by molar-refractivity contribution is 0.150.